The summed E-state index contributed by atoms with van der Waals surface area (Å²) in [5.74, 6) is 0. The summed E-state index contributed by atoms with van der Waals surface area (Å²) in [7, 11) is 0. The third-order valence-electron chi connectivity index (χ3n) is 3.00. The van der Waals surface area contributed by atoms with Gasteiger partial charge in [0.2, 0.25) is 0 Å². The van der Waals surface area contributed by atoms with E-state index in [0.717, 1.165) is 5.56 Å². The van der Waals surface area contributed by atoms with Gasteiger partial charge in [-0.05, 0) is 12.1 Å². The molecule has 0 amide bonds. The van der Waals surface area contributed by atoms with Crippen LogP contribution in [0.5, 0.6) is 0 Å². The fourth-order valence-electron chi connectivity index (χ4n) is 2.06. The molecule has 3 rings (SSSR count). The molecule has 0 aliphatic carbocycles. The first-order valence-electron chi connectivity index (χ1n) is 5.93. The minimum Gasteiger partial charge on any atom is -0.388 e. The van der Waals surface area contributed by atoms with Crippen molar-refractivity contribution in [3.63, 3.8) is 0 Å². The molecule has 0 saturated heterocycles. The van der Waals surface area contributed by atoms with E-state index in [-0.39, 0.29) is 10.5 Å². The van der Waals surface area contributed by atoms with E-state index in [1.54, 1.807) is 41.5 Å². The summed E-state index contributed by atoms with van der Waals surface area (Å²) >= 11 is 4.98. The van der Waals surface area contributed by atoms with Gasteiger partial charge in [-0.1, -0.05) is 18.3 Å². The van der Waals surface area contributed by atoms with Crippen LogP contribution in [-0.4, -0.2) is 24.2 Å². The molecular formula is C13H11N5OS. The third kappa shape index (κ3) is 2.08. The maximum atomic E-state index is 12.3. The number of rotatable bonds is 3. The van der Waals surface area contributed by atoms with Crippen LogP contribution in [0.15, 0.2) is 47.8 Å². The van der Waals surface area contributed by atoms with Gasteiger partial charge in [0.05, 0.1) is 12.7 Å². The van der Waals surface area contributed by atoms with Crippen LogP contribution in [-0.2, 0) is 6.54 Å². The first kappa shape index (κ1) is 12.5. The Morgan fingerprint density at radius 2 is 2.15 bits per heavy atom. The molecule has 0 aliphatic heterocycles. The molecule has 7 heteroatoms. The second kappa shape index (κ2) is 4.86. The van der Waals surface area contributed by atoms with E-state index in [9.17, 15) is 4.79 Å². The van der Waals surface area contributed by atoms with Crippen LogP contribution in [0.1, 0.15) is 11.3 Å². The Kier molecular flexibility index (Phi) is 3.03. The van der Waals surface area contributed by atoms with E-state index in [4.69, 9.17) is 18.0 Å². The molecule has 0 aromatic carbocycles. The van der Waals surface area contributed by atoms with Crippen molar-refractivity contribution in [2.45, 2.75) is 6.54 Å². The van der Waals surface area contributed by atoms with Crippen molar-refractivity contribution in [2.24, 2.45) is 5.73 Å². The molecule has 100 valence electrons. The second-order valence-corrected chi connectivity index (χ2v) is 4.71. The van der Waals surface area contributed by atoms with Crippen LogP contribution in [0.25, 0.3) is 5.52 Å². The molecule has 0 saturated carbocycles. The number of nitrogens with two attached hydrogens (primary N) is 1. The van der Waals surface area contributed by atoms with Gasteiger partial charge in [0, 0.05) is 24.2 Å². The van der Waals surface area contributed by atoms with Crippen molar-refractivity contribution < 1.29 is 0 Å². The molecule has 0 unspecified atom stereocenters. The van der Waals surface area contributed by atoms with Gasteiger partial charge >= 0.3 is 0 Å². The van der Waals surface area contributed by atoms with Crippen LogP contribution in [0.2, 0.25) is 0 Å². The highest BCUT2D eigenvalue weighted by molar-refractivity contribution is 7.80. The van der Waals surface area contributed by atoms with Crippen LogP contribution >= 0.6 is 12.2 Å². The van der Waals surface area contributed by atoms with Gasteiger partial charge in [-0.3, -0.25) is 9.78 Å². The summed E-state index contributed by atoms with van der Waals surface area (Å²) < 4.78 is 3.12. The van der Waals surface area contributed by atoms with Crippen molar-refractivity contribution >= 4 is 22.7 Å². The fourth-order valence-corrected chi connectivity index (χ4v) is 2.24. The number of aromatic nitrogens is 4. The van der Waals surface area contributed by atoms with Gasteiger partial charge in [-0.15, -0.1) is 0 Å². The standard InChI is InChI=1S/C13H11N5OS/c14-12(20)11-9(2-1-4-15-11)8-17-6-7-18-10(13(17)19)3-5-16-18/h1-7H,8H2,(H2,14,20). The van der Waals surface area contributed by atoms with E-state index in [0.29, 0.717) is 17.8 Å². The monoisotopic (exact) mass is 285 g/mol. The normalized spacial score (nSPS) is 10.8. The van der Waals surface area contributed by atoms with Crippen LogP contribution in [0.4, 0.5) is 0 Å². The highest BCUT2D eigenvalue weighted by Crippen LogP contribution is 2.07. The zero-order chi connectivity index (χ0) is 14.1. The van der Waals surface area contributed by atoms with E-state index in [1.807, 2.05) is 6.07 Å². The number of fused-ring (bicyclic) bond motifs is 1. The van der Waals surface area contributed by atoms with Gasteiger partial charge in [0.15, 0.2) is 0 Å². The SMILES string of the molecule is NC(=S)c1ncccc1Cn1ccn2nccc2c1=O. The Bertz CT molecular complexity index is 851. The fraction of sp³-hybridized carbons (Fsp3) is 0.0769. The molecule has 3 aromatic heterocycles. The van der Waals surface area contributed by atoms with Crippen molar-refractivity contribution in [2.75, 3.05) is 0 Å². The molecule has 3 aromatic rings. The number of thiocarbonyl (C=S) groups is 1. The summed E-state index contributed by atoms with van der Waals surface area (Å²) in [5.41, 5.74) is 7.40. The van der Waals surface area contributed by atoms with Crippen LogP contribution in [0.3, 0.4) is 0 Å². The lowest BCUT2D eigenvalue weighted by Gasteiger charge is -2.09. The smallest absolute Gasteiger partial charge is 0.276 e. The molecule has 6 nitrogen and oxygen atoms in total. The first-order valence-corrected chi connectivity index (χ1v) is 6.34. The highest BCUT2D eigenvalue weighted by atomic mass is 32.1. The van der Waals surface area contributed by atoms with Gasteiger partial charge in [-0.25, -0.2) is 4.52 Å². The summed E-state index contributed by atoms with van der Waals surface area (Å²) in [6, 6.07) is 5.32. The summed E-state index contributed by atoms with van der Waals surface area (Å²) in [5, 5.41) is 4.02. The zero-order valence-corrected chi connectivity index (χ0v) is 11.2. The van der Waals surface area contributed by atoms with E-state index < -0.39 is 0 Å². The van der Waals surface area contributed by atoms with Gasteiger partial charge in [-0.2, -0.15) is 5.10 Å². The molecule has 20 heavy (non-hydrogen) atoms. The predicted octanol–water partition coefficient (Wildman–Crippen LogP) is 0.574. The maximum Gasteiger partial charge on any atom is 0.276 e. The Morgan fingerprint density at radius 3 is 2.95 bits per heavy atom. The molecule has 0 spiro atoms. The van der Waals surface area contributed by atoms with Gasteiger partial charge in [0.25, 0.3) is 5.56 Å². The molecule has 2 N–H and O–H groups in total. The summed E-state index contributed by atoms with van der Waals surface area (Å²) in [6.45, 7) is 0.362. The Morgan fingerprint density at radius 1 is 1.30 bits per heavy atom. The third-order valence-corrected chi connectivity index (χ3v) is 3.20. The lowest BCUT2D eigenvalue weighted by atomic mass is 10.2. The topological polar surface area (TPSA) is 78.2 Å². The summed E-state index contributed by atoms with van der Waals surface area (Å²) in [6.07, 6.45) is 6.62. The van der Waals surface area contributed by atoms with Crippen molar-refractivity contribution in [3.8, 4) is 0 Å². The van der Waals surface area contributed by atoms with Crippen molar-refractivity contribution in [1.29, 1.82) is 0 Å². The average Bonchev–Trinajstić information content (AvgIpc) is 2.91. The van der Waals surface area contributed by atoms with E-state index in [2.05, 4.69) is 10.1 Å². The minimum absolute atomic E-state index is 0.122. The highest BCUT2D eigenvalue weighted by Gasteiger charge is 2.09. The quantitative estimate of drug-likeness (QED) is 0.712. The number of nitrogens with zero attached hydrogens (tertiary/aromatic N) is 4. The Labute approximate surface area is 119 Å². The van der Waals surface area contributed by atoms with Gasteiger partial charge in [0.1, 0.15) is 16.2 Å². The van der Waals surface area contributed by atoms with Crippen molar-refractivity contribution in [1.82, 2.24) is 19.2 Å². The lowest BCUT2D eigenvalue weighted by Crippen LogP contribution is -2.24. The molecule has 3 heterocycles. The maximum absolute atomic E-state index is 12.3. The van der Waals surface area contributed by atoms with Crippen molar-refractivity contribution in [3.05, 3.63) is 64.6 Å². The Balaban J connectivity index is 2.08. The number of hydrogen-bond donors (Lipinski definition) is 1. The van der Waals surface area contributed by atoms with Gasteiger partial charge < -0.3 is 10.3 Å². The molecular weight excluding hydrogens is 274 g/mol. The second-order valence-electron chi connectivity index (χ2n) is 4.27. The first-order chi connectivity index (χ1) is 9.66. The number of hydrogen-bond acceptors (Lipinski definition) is 4. The predicted molar refractivity (Wildman–Crippen MR) is 78.7 cm³/mol. The summed E-state index contributed by atoms with van der Waals surface area (Å²) in [4.78, 5) is 16.7. The lowest BCUT2D eigenvalue weighted by molar-refractivity contribution is 0.739. The molecule has 0 aliphatic rings. The Hall–Kier alpha value is -2.54. The average molecular weight is 285 g/mol. The molecule has 0 atom stereocenters. The largest absolute Gasteiger partial charge is 0.388 e. The van der Waals surface area contributed by atoms with E-state index in [1.165, 1.54) is 4.52 Å². The minimum atomic E-state index is -0.122. The number of pyridine rings is 1. The van der Waals surface area contributed by atoms with Crippen LogP contribution < -0.4 is 11.3 Å². The zero-order valence-electron chi connectivity index (χ0n) is 10.4. The van der Waals surface area contributed by atoms with E-state index >= 15 is 0 Å². The molecule has 0 radical (unpaired) electrons. The van der Waals surface area contributed by atoms with Crippen LogP contribution in [0, 0.1) is 0 Å². The molecule has 0 fully saturated rings. The molecule has 0 bridgehead atoms.